The largest absolute Gasteiger partial charge is 0.495 e. The van der Waals surface area contributed by atoms with Crippen LogP contribution in [-0.4, -0.2) is 39.8 Å². The first-order valence-electron chi connectivity index (χ1n) is 7.03. The number of carbonyl (C=O) groups excluding carboxylic acids is 1. The van der Waals surface area contributed by atoms with E-state index in [1.807, 2.05) is 0 Å². The Morgan fingerprint density at radius 3 is 2.36 bits per heavy atom. The number of hydrogen-bond donors (Lipinski definition) is 1. The number of nitrogens with one attached hydrogen (secondary N) is 1. The first kappa shape index (κ1) is 19.5. The van der Waals surface area contributed by atoms with Gasteiger partial charge < -0.3 is 10.1 Å². The minimum atomic E-state index is -3.78. The van der Waals surface area contributed by atoms with Gasteiger partial charge in [0.2, 0.25) is 10.0 Å². The lowest BCUT2D eigenvalue weighted by molar-refractivity contribution is 0.102. The normalized spacial score (nSPS) is 11.4. The molecule has 1 N–H and O–H groups in total. The Kier molecular flexibility index (Phi) is 5.95. The molecular formula is C16H16Cl2N2O4S. The highest BCUT2D eigenvalue weighted by molar-refractivity contribution is 7.89. The molecule has 0 fully saturated rings. The van der Waals surface area contributed by atoms with Crippen LogP contribution in [0.25, 0.3) is 0 Å². The van der Waals surface area contributed by atoms with Crippen molar-refractivity contribution in [3.63, 3.8) is 0 Å². The Morgan fingerprint density at radius 2 is 1.80 bits per heavy atom. The van der Waals surface area contributed by atoms with Gasteiger partial charge in [-0.05, 0) is 36.4 Å². The smallest absolute Gasteiger partial charge is 0.255 e. The van der Waals surface area contributed by atoms with Gasteiger partial charge in [-0.2, -0.15) is 0 Å². The predicted octanol–water partition coefficient (Wildman–Crippen LogP) is 3.50. The fourth-order valence-corrected chi connectivity index (χ4v) is 3.53. The Balaban J connectivity index is 2.41. The molecule has 0 aliphatic heterocycles. The van der Waals surface area contributed by atoms with E-state index in [-0.39, 0.29) is 21.2 Å². The number of amides is 1. The van der Waals surface area contributed by atoms with Gasteiger partial charge >= 0.3 is 0 Å². The summed E-state index contributed by atoms with van der Waals surface area (Å²) in [6.07, 6.45) is 0. The van der Waals surface area contributed by atoms with Crippen LogP contribution in [-0.2, 0) is 10.0 Å². The van der Waals surface area contributed by atoms with Crippen molar-refractivity contribution in [1.82, 2.24) is 4.31 Å². The van der Waals surface area contributed by atoms with Gasteiger partial charge in [0.25, 0.3) is 5.91 Å². The van der Waals surface area contributed by atoms with E-state index >= 15 is 0 Å². The lowest BCUT2D eigenvalue weighted by Crippen LogP contribution is -2.23. The van der Waals surface area contributed by atoms with Crippen LogP contribution in [0.5, 0.6) is 5.75 Å². The fraction of sp³-hybridized carbons (Fsp3) is 0.188. The Morgan fingerprint density at radius 1 is 1.12 bits per heavy atom. The second kappa shape index (κ2) is 7.61. The minimum absolute atomic E-state index is 0.102. The van der Waals surface area contributed by atoms with Gasteiger partial charge in [0.05, 0.1) is 17.8 Å². The number of rotatable bonds is 5. The molecule has 0 spiro atoms. The number of carbonyl (C=O) groups is 1. The summed E-state index contributed by atoms with van der Waals surface area (Å²) in [6.45, 7) is 0. The summed E-state index contributed by atoms with van der Waals surface area (Å²) < 4.78 is 31.0. The van der Waals surface area contributed by atoms with Crippen LogP contribution in [0.15, 0.2) is 41.3 Å². The van der Waals surface area contributed by atoms with E-state index in [4.69, 9.17) is 27.9 Å². The van der Waals surface area contributed by atoms with Crippen molar-refractivity contribution in [1.29, 1.82) is 0 Å². The van der Waals surface area contributed by atoms with Gasteiger partial charge in [-0.3, -0.25) is 4.79 Å². The summed E-state index contributed by atoms with van der Waals surface area (Å²) in [5.41, 5.74) is 0.510. The third-order valence-electron chi connectivity index (χ3n) is 3.36. The van der Waals surface area contributed by atoms with E-state index in [1.54, 1.807) is 12.1 Å². The van der Waals surface area contributed by atoms with Crippen LogP contribution in [0.1, 0.15) is 10.4 Å². The summed E-state index contributed by atoms with van der Waals surface area (Å²) in [6, 6.07) is 8.78. The molecule has 0 aliphatic rings. The molecule has 0 unspecified atom stereocenters. The van der Waals surface area contributed by atoms with Gasteiger partial charge in [-0.25, -0.2) is 12.7 Å². The number of sulfonamides is 1. The highest BCUT2D eigenvalue weighted by Gasteiger charge is 2.24. The third kappa shape index (κ3) is 4.24. The zero-order chi connectivity index (χ0) is 18.8. The maximum atomic E-state index is 12.4. The molecule has 0 saturated carbocycles. The van der Waals surface area contributed by atoms with Crippen LogP contribution < -0.4 is 10.1 Å². The Labute approximate surface area is 156 Å². The molecule has 0 radical (unpaired) electrons. The number of benzene rings is 2. The molecule has 0 saturated heterocycles. The molecule has 0 aromatic heterocycles. The van der Waals surface area contributed by atoms with E-state index in [2.05, 4.69) is 5.32 Å². The SMILES string of the molecule is COc1ccc(C(=O)Nc2ccc(Cl)cc2Cl)cc1S(=O)(=O)N(C)C. The maximum Gasteiger partial charge on any atom is 0.255 e. The first-order chi connectivity index (χ1) is 11.7. The van der Waals surface area contributed by atoms with Crippen molar-refractivity contribution >= 4 is 44.8 Å². The highest BCUT2D eigenvalue weighted by Crippen LogP contribution is 2.29. The van der Waals surface area contributed by atoms with E-state index in [0.717, 1.165) is 4.31 Å². The second-order valence-corrected chi connectivity index (χ2v) is 8.20. The van der Waals surface area contributed by atoms with Crippen LogP contribution in [0, 0.1) is 0 Å². The summed E-state index contributed by atoms with van der Waals surface area (Å²) in [4.78, 5) is 12.3. The van der Waals surface area contributed by atoms with Gasteiger partial charge in [0.1, 0.15) is 10.6 Å². The molecule has 0 atom stereocenters. The number of anilines is 1. The maximum absolute atomic E-state index is 12.4. The van der Waals surface area contributed by atoms with Crippen molar-refractivity contribution < 1.29 is 17.9 Å². The predicted molar refractivity (Wildman–Crippen MR) is 98.3 cm³/mol. The number of hydrogen-bond acceptors (Lipinski definition) is 4. The van der Waals surface area contributed by atoms with Crippen molar-refractivity contribution in [2.75, 3.05) is 26.5 Å². The molecule has 6 nitrogen and oxygen atoms in total. The topological polar surface area (TPSA) is 75.7 Å². The summed E-state index contributed by atoms with van der Waals surface area (Å²) in [5, 5.41) is 3.33. The summed E-state index contributed by atoms with van der Waals surface area (Å²) in [7, 11) is 0.377. The molecule has 2 aromatic carbocycles. The van der Waals surface area contributed by atoms with Gasteiger partial charge in [-0.1, -0.05) is 23.2 Å². The molecule has 134 valence electrons. The molecule has 0 heterocycles. The summed E-state index contributed by atoms with van der Waals surface area (Å²) in [5.74, 6) is -0.364. The number of nitrogens with zero attached hydrogens (tertiary/aromatic N) is 1. The van der Waals surface area contributed by atoms with Crippen LogP contribution >= 0.6 is 23.2 Å². The monoisotopic (exact) mass is 402 g/mol. The average Bonchev–Trinajstić information content (AvgIpc) is 2.56. The second-order valence-electron chi connectivity index (χ2n) is 5.23. The number of ether oxygens (including phenoxy) is 1. The van der Waals surface area contributed by atoms with E-state index in [9.17, 15) is 13.2 Å². The lowest BCUT2D eigenvalue weighted by atomic mass is 10.2. The van der Waals surface area contributed by atoms with E-state index in [1.165, 1.54) is 45.5 Å². The standard InChI is InChI=1S/C16H16Cl2N2O4S/c1-20(2)25(22,23)15-8-10(4-7-14(15)24-3)16(21)19-13-6-5-11(17)9-12(13)18/h4-9H,1-3H3,(H,19,21). The Hall–Kier alpha value is -1.80. The minimum Gasteiger partial charge on any atom is -0.495 e. The molecule has 9 heteroatoms. The van der Waals surface area contributed by atoms with Crippen molar-refractivity contribution in [3.8, 4) is 5.75 Å². The van der Waals surface area contributed by atoms with Crippen LogP contribution in [0.4, 0.5) is 5.69 Å². The number of halogens is 2. The van der Waals surface area contributed by atoms with E-state index in [0.29, 0.717) is 10.7 Å². The van der Waals surface area contributed by atoms with Crippen molar-refractivity contribution in [2.45, 2.75) is 4.90 Å². The van der Waals surface area contributed by atoms with Gasteiger partial charge in [0, 0.05) is 24.7 Å². The van der Waals surface area contributed by atoms with Crippen molar-refractivity contribution in [2.24, 2.45) is 0 Å². The molecule has 25 heavy (non-hydrogen) atoms. The lowest BCUT2D eigenvalue weighted by Gasteiger charge is -2.15. The quantitative estimate of drug-likeness (QED) is 0.829. The van der Waals surface area contributed by atoms with Crippen LogP contribution in [0.3, 0.4) is 0 Å². The highest BCUT2D eigenvalue weighted by atomic mass is 35.5. The number of methoxy groups -OCH3 is 1. The van der Waals surface area contributed by atoms with Gasteiger partial charge in [0.15, 0.2) is 0 Å². The fourth-order valence-electron chi connectivity index (χ4n) is 2.00. The van der Waals surface area contributed by atoms with Crippen molar-refractivity contribution in [3.05, 3.63) is 52.0 Å². The first-order valence-corrected chi connectivity index (χ1v) is 9.23. The molecule has 0 aliphatic carbocycles. The molecule has 1 amide bonds. The Bertz CT molecular complexity index is 914. The van der Waals surface area contributed by atoms with E-state index < -0.39 is 15.9 Å². The zero-order valence-corrected chi connectivity index (χ0v) is 16.0. The molecule has 0 bridgehead atoms. The average molecular weight is 403 g/mol. The third-order valence-corrected chi connectivity index (χ3v) is 5.75. The molecule has 2 aromatic rings. The molecular weight excluding hydrogens is 387 g/mol. The summed E-state index contributed by atoms with van der Waals surface area (Å²) >= 11 is 11.9. The van der Waals surface area contributed by atoms with Crippen LogP contribution in [0.2, 0.25) is 10.0 Å². The molecule has 2 rings (SSSR count). The zero-order valence-electron chi connectivity index (χ0n) is 13.7. The van der Waals surface area contributed by atoms with Gasteiger partial charge in [-0.15, -0.1) is 0 Å².